The van der Waals surface area contributed by atoms with Gasteiger partial charge in [0.1, 0.15) is 0 Å². The van der Waals surface area contributed by atoms with E-state index >= 15 is 0 Å². The largest absolute Gasteiger partial charge is 0.451 e. The second-order valence-corrected chi connectivity index (χ2v) is 9.23. The minimum atomic E-state index is -4.13. The normalized spacial score (nSPS) is 15.9. The van der Waals surface area contributed by atoms with E-state index < -0.39 is 22.2 Å². The van der Waals surface area contributed by atoms with Crippen molar-refractivity contribution in [2.45, 2.75) is 63.1 Å². The van der Waals surface area contributed by atoms with E-state index in [-0.39, 0.29) is 41.1 Å². The third-order valence-electron chi connectivity index (χ3n) is 5.36. The number of fused-ring (bicyclic) bond motifs is 2. The average Bonchev–Trinajstić information content (AvgIpc) is 3.32. The summed E-state index contributed by atoms with van der Waals surface area (Å²) in [4.78, 5) is 12.5. The molecule has 1 unspecified atom stereocenters. The number of amides is 2. The minimum absolute atomic E-state index is 0. The van der Waals surface area contributed by atoms with Crippen molar-refractivity contribution in [1.29, 1.82) is 0 Å². The van der Waals surface area contributed by atoms with Gasteiger partial charge in [-0.15, -0.1) is 0 Å². The van der Waals surface area contributed by atoms with E-state index in [0.29, 0.717) is 5.56 Å². The Kier molecular flexibility index (Phi) is 6.80. The number of hydrogen-bond donors (Lipinski definition) is 3. The van der Waals surface area contributed by atoms with Gasteiger partial charge in [0, 0.05) is 47.7 Å². The molecule has 3 N–H and O–H groups in total. The van der Waals surface area contributed by atoms with Crippen LogP contribution in [0.15, 0.2) is 27.9 Å². The van der Waals surface area contributed by atoms with Crippen LogP contribution in [0.5, 0.6) is 0 Å². The minimum Gasteiger partial charge on any atom is -0.451 e. The van der Waals surface area contributed by atoms with Crippen LogP contribution in [0.1, 0.15) is 47.6 Å². The Hall–Kier alpha value is -1.32. The molecule has 4 rings (SSSR count). The summed E-state index contributed by atoms with van der Waals surface area (Å²) in [6, 6.07) is 2.78. The van der Waals surface area contributed by atoms with Gasteiger partial charge in [-0.2, -0.15) is 8.42 Å². The SMILES string of the molecule is CC(O)Cc1coc(S(=O)(=O)NC(=O)Nc2c3c(cc4c2CCC4)CCC3)c1.[Na]. The van der Waals surface area contributed by atoms with E-state index in [0.717, 1.165) is 55.3 Å². The van der Waals surface area contributed by atoms with Crippen LogP contribution in [-0.2, 0) is 42.1 Å². The molecule has 7 nitrogen and oxygen atoms in total. The van der Waals surface area contributed by atoms with Crippen molar-refractivity contribution >= 4 is 51.3 Å². The molecule has 2 amide bonds. The predicted molar refractivity (Wildman–Crippen MR) is 110 cm³/mol. The Balaban J connectivity index is 0.00000240. The molecule has 0 aliphatic heterocycles. The molecule has 0 bridgehead atoms. The summed E-state index contributed by atoms with van der Waals surface area (Å²) in [6.45, 7) is 1.60. The molecule has 1 atom stereocenters. The Bertz CT molecular complexity index is 997. The van der Waals surface area contributed by atoms with Crippen molar-refractivity contribution in [3.05, 3.63) is 46.2 Å². The second kappa shape index (κ2) is 8.81. The van der Waals surface area contributed by atoms with Gasteiger partial charge in [-0.05, 0) is 73.3 Å². The van der Waals surface area contributed by atoms with Crippen molar-refractivity contribution in [2.24, 2.45) is 0 Å². The van der Waals surface area contributed by atoms with E-state index in [9.17, 15) is 18.3 Å². The smallest absolute Gasteiger partial charge is 0.333 e. The number of carbonyl (C=O) groups is 1. The summed E-state index contributed by atoms with van der Waals surface area (Å²) in [6.07, 6.45) is 6.80. The van der Waals surface area contributed by atoms with Gasteiger partial charge in [-0.1, -0.05) is 6.07 Å². The van der Waals surface area contributed by atoms with Crippen LogP contribution < -0.4 is 10.0 Å². The third kappa shape index (κ3) is 4.72. The quantitative estimate of drug-likeness (QED) is 0.635. The molecule has 1 radical (unpaired) electrons. The number of aliphatic hydroxyl groups is 1. The predicted octanol–water partition coefficient (Wildman–Crippen LogP) is 2.31. The molecule has 2 aromatic rings. The summed E-state index contributed by atoms with van der Waals surface area (Å²) in [7, 11) is -4.13. The Morgan fingerprint density at radius 2 is 1.76 bits per heavy atom. The van der Waals surface area contributed by atoms with Gasteiger partial charge < -0.3 is 14.8 Å². The van der Waals surface area contributed by atoms with Gasteiger partial charge in [-0.3, -0.25) is 0 Å². The molecule has 151 valence electrons. The summed E-state index contributed by atoms with van der Waals surface area (Å²) in [5.74, 6) is 0. The van der Waals surface area contributed by atoms with E-state index in [1.54, 1.807) is 6.92 Å². The summed E-state index contributed by atoms with van der Waals surface area (Å²) >= 11 is 0. The van der Waals surface area contributed by atoms with Crippen molar-refractivity contribution < 1.29 is 22.7 Å². The molecule has 1 aromatic carbocycles. The fourth-order valence-corrected chi connectivity index (χ4v) is 5.10. The molecule has 9 heteroatoms. The molecular formula is C20H24N2NaO5S. The maximum atomic E-state index is 12.5. The molecule has 1 aromatic heterocycles. The fraction of sp³-hybridized carbons (Fsp3) is 0.450. The first-order valence-corrected chi connectivity index (χ1v) is 11.1. The van der Waals surface area contributed by atoms with E-state index in [1.165, 1.54) is 23.5 Å². The van der Waals surface area contributed by atoms with Crippen LogP contribution in [0.4, 0.5) is 10.5 Å². The number of furan rings is 1. The zero-order valence-electron chi connectivity index (χ0n) is 16.7. The Morgan fingerprint density at radius 3 is 2.34 bits per heavy atom. The van der Waals surface area contributed by atoms with Gasteiger partial charge >= 0.3 is 6.03 Å². The molecule has 0 spiro atoms. The number of aryl methyl sites for hydroxylation is 2. The number of carbonyl (C=O) groups excluding carboxylic acids is 1. The van der Waals surface area contributed by atoms with Gasteiger partial charge in [0.05, 0.1) is 12.4 Å². The molecular weight excluding hydrogens is 403 g/mol. The maximum Gasteiger partial charge on any atom is 0.333 e. The number of urea groups is 1. The number of hydrogen-bond acceptors (Lipinski definition) is 5. The molecule has 2 aliphatic rings. The number of aliphatic hydroxyl groups excluding tert-OH is 1. The zero-order valence-corrected chi connectivity index (χ0v) is 19.6. The number of rotatable bonds is 5. The summed E-state index contributed by atoms with van der Waals surface area (Å²) in [5.41, 5.74) is 6.11. The fourth-order valence-electron chi connectivity index (χ4n) is 4.22. The molecule has 29 heavy (non-hydrogen) atoms. The first-order chi connectivity index (χ1) is 13.3. The van der Waals surface area contributed by atoms with Crippen LogP contribution in [0.2, 0.25) is 0 Å². The van der Waals surface area contributed by atoms with Gasteiger partial charge in [0.2, 0.25) is 5.09 Å². The Labute approximate surface area is 192 Å². The number of sulfonamides is 1. The van der Waals surface area contributed by atoms with Crippen LogP contribution in [0, 0.1) is 0 Å². The summed E-state index contributed by atoms with van der Waals surface area (Å²) < 4.78 is 32.1. The molecule has 0 fully saturated rings. The number of nitrogens with one attached hydrogen (secondary N) is 2. The van der Waals surface area contributed by atoms with Crippen molar-refractivity contribution in [1.82, 2.24) is 4.72 Å². The second-order valence-electron chi connectivity index (χ2n) is 7.62. The molecule has 2 aliphatic carbocycles. The van der Waals surface area contributed by atoms with Crippen molar-refractivity contribution in [3.8, 4) is 0 Å². The van der Waals surface area contributed by atoms with Gasteiger partial charge in [0.25, 0.3) is 10.0 Å². The third-order valence-corrected chi connectivity index (χ3v) is 6.56. The molecule has 0 saturated carbocycles. The molecule has 0 saturated heterocycles. The van der Waals surface area contributed by atoms with Crippen molar-refractivity contribution in [2.75, 3.05) is 5.32 Å². The van der Waals surface area contributed by atoms with Crippen LogP contribution in [0.25, 0.3) is 0 Å². The number of benzene rings is 1. The standard InChI is InChI=1S/C20H24N2O5S.Na/c1-12(23)8-13-9-18(27-11-13)28(25,26)22-20(24)21-19-16-6-2-4-14(16)10-15-5-3-7-17(15)19;/h9-12,23H,2-8H2,1H3,(H2,21,22,24);. The first-order valence-electron chi connectivity index (χ1n) is 9.59. The van der Waals surface area contributed by atoms with E-state index in [4.69, 9.17) is 4.42 Å². The number of anilines is 1. The van der Waals surface area contributed by atoms with E-state index in [1.807, 2.05) is 4.72 Å². The Morgan fingerprint density at radius 1 is 1.14 bits per heavy atom. The van der Waals surface area contributed by atoms with Crippen LogP contribution in [0.3, 0.4) is 0 Å². The monoisotopic (exact) mass is 427 g/mol. The van der Waals surface area contributed by atoms with Crippen molar-refractivity contribution in [3.63, 3.8) is 0 Å². The zero-order chi connectivity index (χ0) is 19.9. The van der Waals surface area contributed by atoms with Crippen LogP contribution >= 0.6 is 0 Å². The van der Waals surface area contributed by atoms with Gasteiger partial charge in [0.15, 0.2) is 0 Å². The summed E-state index contributed by atoms with van der Waals surface area (Å²) in [5, 5.41) is 11.9. The topological polar surface area (TPSA) is 109 Å². The van der Waals surface area contributed by atoms with Crippen LogP contribution in [-0.4, -0.2) is 55.2 Å². The average molecular weight is 427 g/mol. The first kappa shape index (κ1) is 22.4. The van der Waals surface area contributed by atoms with E-state index in [2.05, 4.69) is 11.4 Å². The molecule has 1 heterocycles. The van der Waals surface area contributed by atoms with Gasteiger partial charge in [-0.25, -0.2) is 9.52 Å². The maximum absolute atomic E-state index is 12.5.